The second kappa shape index (κ2) is 14.7. The number of fused-ring (bicyclic) bond motifs is 2. The summed E-state index contributed by atoms with van der Waals surface area (Å²) in [6.07, 6.45) is 0. The number of aliphatic hydroxyl groups excluding tert-OH is 1. The third-order valence-corrected chi connectivity index (χ3v) is 8.13. The molecule has 11 heteroatoms. The Hall–Kier alpha value is -5.23. The molecule has 5 aromatic carbocycles. The zero-order valence-electron chi connectivity index (χ0n) is 27.6. The van der Waals surface area contributed by atoms with E-state index in [1.54, 1.807) is 31.2 Å². The number of hydrogen-bond acceptors (Lipinski definition) is 11. The largest absolute Gasteiger partial charge is 0.506 e. The molecule has 0 heterocycles. The molecule has 0 aliphatic rings. The second-order valence-corrected chi connectivity index (χ2v) is 10.9. The molecule has 0 aromatic heterocycles. The summed E-state index contributed by atoms with van der Waals surface area (Å²) in [6, 6.07) is 16.4. The fourth-order valence-corrected chi connectivity index (χ4v) is 6.06. The number of hydrogen-bond donors (Lipinski definition) is 3. The van der Waals surface area contributed by atoms with Gasteiger partial charge in [0.15, 0.2) is 0 Å². The maximum Gasteiger partial charge on any atom is 0.341 e. The highest BCUT2D eigenvalue weighted by Crippen LogP contribution is 2.55. The first-order valence-corrected chi connectivity index (χ1v) is 15.0. The summed E-state index contributed by atoms with van der Waals surface area (Å²) in [5.74, 6) is -0.0657. The van der Waals surface area contributed by atoms with Crippen LogP contribution in [0.3, 0.4) is 0 Å². The number of benzene rings is 5. The first-order valence-electron chi connectivity index (χ1n) is 15.0. The van der Waals surface area contributed by atoms with E-state index in [0.717, 1.165) is 5.56 Å². The van der Waals surface area contributed by atoms with E-state index in [1.165, 1.54) is 35.5 Å². The van der Waals surface area contributed by atoms with Gasteiger partial charge < -0.3 is 48.5 Å². The maximum absolute atomic E-state index is 12.8. The van der Waals surface area contributed by atoms with Crippen molar-refractivity contribution in [1.29, 1.82) is 0 Å². The topological polar surface area (TPSA) is 142 Å². The Morgan fingerprint density at radius 1 is 0.750 bits per heavy atom. The standard InChI is InChI=1S/C37H38O11/c1-20-12-23(18-47-19-42-2)30(33(39)28(20)37(41)46-6)29-22(16-38)13-25-32(34(29)40)36(45-5)26-14-24(43-3)15-27(31(26)35(25)44-4)48-17-21-10-8-7-9-11-21/h7-15,38-40H,16-19H2,1-6H3. The molecule has 0 radical (unpaired) electrons. The normalized spacial score (nSPS) is 11.1. The monoisotopic (exact) mass is 658 g/mol. The Balaban J connectivity index is 1.89. The summed E-state index contributed by atoms with van der Waals surface area (Å²) >= 11 is 0. The van der Waals surface area contributed by atoms with E-state index >= 15 is 0 Å². The van der Waals surface area contributed by atoms with Gasteiger partial charge in [-0.15, -0.1) is 0 Å². The van der Waals surface area contributed by atoms with Crippen molar-refractivity contribution in [2.24, 2.45) is 0 Å². The summed E-state index contributed by atoms with van der Waals surface area (Å²) in [5, 5.41) is 36.3. The molecule has 3 N–H and O–H groups in total. The Labute approximate surface area is 277 Å². The maximum atomic E-state index is 12.8. The van der Waals surface area contributed by atoms with E-state index in [2.05, 4.69) is 0 Å². The Morgan fingerprint density at radius 3 is 2.04 bits per heavy atom. The molecule has 0 unspecified atom stereocenters. The van der Waals surface area contributed by atoms with E-state index in [9.17, 15) is 20.1 Å². The minimum Gasteiger partial charge on any atom is -0.506 e. The Bertz CT molecular complexity index is 1970. The molecule has 11 nitrogen and oxygen atoms in total. The number of aryl methyl sites for hydroxylation is 1. The fourth-order valence-electron chi connectivity index (χ4n) is 6.06. The minimum absolute atomic E-state index is 0.0535. The lowest BCUT2D eigenvalue weighted by Gasteiger charge is -2.23. The summed E-state index contributed by atoms with van der Waals surface area (Å²) in [4.78, 5) is 12.8. The van der Waals surface area contributed by atoms with Crippen LogP contribution in [0.5, 0.6) is 34.5 Å². The lowest BCUT2D eigenvalue weighted by atomic mass is 9.86. The summed E-state index contributed by atoms with van der Waals surface area (Å²) in [6.45, 7) is 1.23. The number of rotatable bonds is 13. The third-order valence-electron chi connectivity index (χ3n) is 8.13. The van der Waals surface area contributed by atoms with E-state index in [1.807, 2.05) is 30.3 Å². The molecule has 0 aliphatic carbocycles. The van der Waals surface area contributed by atoms with Crippen molar-refractivity contribution in [2.75, 3.05) is 42.3 Å². The number of ether oxygens (including phenoxy) is 7. The molecule has 0 atom stereocenters. The number of carbonyl (C=O) groups excluding carboxylic acids is 1. The molecular formula is C37H38O11. The zero-order chi connectivity index (χ0) is 34.5. The number of phenols is 2. The van der Waals surface area contributed by atoms with Crippen LogP contribution >= 0.6 is 0 Å². The van der Waals surface area contributed by atoms with Crippen molar-refractivity contribution >= 4 is 27.5 Å². The van der Waals surface area contributed by atoms with Crippen LogP contribution < -0.4 is 18.9 Å². The Morgan fingerprint density at radius 2 is 1.42 bits per heavy atom. The van der Waals surface area contributed by atoms with Crippen LogP contribution in [0.4, 0.5) is 0 Å². The molecule has 0 saturated carbocycles. The van der Waals surface area contributed by atoms with Crippen LogP contribution in [0.2, 0.25) is 0 Å². The van der Waals surface area contributed by atoms with Crippen molar-refractivity contribution in [2.45, 2.75) is 26.7 Å². The third kappa shape index (κ3) is 6.11. The van der Waals surface area contributed by atoms with Crippen molar-refractivity contribution in [3.05, 3.63) is 82.4 Å². The summed E-state index contributed by atoms with van der Waals surface area (Å²) < 4.78 is 39.5. The second-order valence-electron chi connectivity index (χ2n) is 10.9. The van der Waals surface area contributed by atoms with E-state index in [4.69, 9.17) is 33.2 Å². The number of phenolic OH excluding ortho intramolecular Hbond substituents is 2. The highest BCUT2D eigenvalue weighted by Gasteiger charge is 2.30. The van der Waals surface area contributed by atoms with Crippen LogP contribution in [0, 0.1) is 6.92 Å². The van der Waals surface area contributed by atoms with Crippen LogP contribution in [-0.2, 0) is 34.0 Å². The zero-order valence-corrected chi connectivity index (χ0v) is 27.6. The van der Waals surface area contributed by atoms with E-state index in [-0.39, 0.29) is 59.1 Å². The van der Waals surface area contributed by atoms with Crippen molar-refractivity contribution < 1.29 is 53.3 Å². The molecule has 5 aromatic rings. The van der Waals surface area contributed by atoms with Gasteiger partial charge in [-0.1, -0.05) is 36.4 Å². The van der Waals surface area contributed by atoms with Gasteiger partial charge in [0.25, 0.3) is 0 Å². The smallest absolute Gasteiger partial charge is 0.341 e. The molecule has 0 bridgehead atoms. The highest BCUT2D eigenvalue weighted by molar-refractivity contribution is 6.17. The first-order chi connectivity index (χ1) is 23.2. The van der Waals surface area contributed by atoms with E-state index in [0.29, 0.717) is 44.5 Å². The van der Waals surface area contributed by atoms with Gasteiger partial charge in [-0.2, -0.15) is 0 Å². The molecule has 252 valence electrons. The first kappa shape index (κ1) is 34.1. The van der Waals surface area contributed by atoms with Crippen LogP contribution in [0.15, 0.2) is 54.6 Å². The van der Waals surface area contributed by atoms with Gasteiger partial charge >= 0.3 is 5.97 Å². The van der Waals surface area contributed by atoms with Gasteiger partial charge in [-0.25, -0.2) is 4.79 Å². The van der Waals surface area contributed by atoms with Gasteiger partial charge in [0.05, 0.1) is 52.4 Å². The molecule has 0 amide bonds. The fraction of sp³-hybridized carbons (Fsp3) is 0.270. The molecule has 48 heavy (non-hydrogen) atoms. The lowest BCUT2D eigenvalue weighted by molar-refractivity contribution is -0.0389. The number of carbonyl (C=O) groups is 1. The molecule has 0 spiro atoms. The van der Waals surface area contributed by atoms with Gasteiger partial charge in [0.1, 0.15) is 53.5 Å². The van der Waals surface area contributed by atoms with Crippen molar-refractivity contribution in [3.63, 3.8) is 0 Å². The average Bonchev–Trinajstić information content (AvgIpc) is 3.10. The van der Waals surface area contributed by atoms with E-state index < -0.39 is 18.3 Å². The number of aliphatic hydroxyl groups is 1. The quantitative estimate of drug-likeness (QED) is 0.0561. The molecular weight excluding hydrogens is 620 g/mol. The van der Waals surface area contributed by atoms with Crippen molar-refractivity contribution in [1.82, 2.24) is 0 Å². The van der Waals surface area contributed by atoms with Gasteiger partial charge in [-0.3, -0.25) is 0 Å². The van der Waals surface area contributed by atoms with Crippen LogP contribution in [0.25, 0.3) is 32.7 Å². The SMILES string of the molecule is COCOCc1cc(C)c(C(=O)OC)c(O)c1-c1c(CO)cc2c(OC)c3c(OCc4ccccc4)cc(OC)cc3c(OC)c2c1O. The Kier molecular flexibility index (Phi) is 10.4. The highest BCUT2D eigenvalue weighted by atomic mass is 16.7. The molecule has 0 aliphatic heterocycles. The number of methoxy groups -OCH3 is 5. The average molecular weight is 659 g/mol. The summed E-state index contributed by atoms with van der Waals surface area (Å²) in [5.41, 5.74) is 2.04. The predicted octanol–water partition coefficient (Wildman–Crippen LogP) is 6.38. The number of aromatic hydroxyl groups is 2. The van der Waals surface area contributed by atoms with Gasteiger partial charge in [0, 0.05) is 35.1 Å². The minimum atomic E-state index is -0.776. The predicted molar refractivity (Wildman–Crippen MR) is 179 cm³/mol. The molecule has 0 saturated heterocycles. The molecule has 0 fully saturated rings. The lowest BCUT2D eigenvalue weighted by Crippen LogP contribution is -2.09. The van der Waals surface area contributed by atoms with Crippen LogP contribution in [-0.4, -0.2) is 63.6 Å². The van der Waals surface area contributed by atoms with Crippen molar-refractivity contribution in [3.8, 4) is 45.6 Å². The summed E-state index contributed by atoms with van der Waals surface area (Å²) in [7, 11) is 7.17. The molecule has 5 rings (SSSR count). The number of esters is 1. The van der Waals surface area contributed by atoms with Crippen LogP contribution in [0.1, 0.15) is 32.6 Å². The van der Waals surface area contributed by atoms with Gasteiger partial charge in [0.2, 0.25) is 0 Å². The van der Waals surface area contributed by atoms with Gasteiger partial charge in [-0.05, 0) is 41.3 Å².